The van der Waals surface area contributed by atoms with Crippen LogP contribution in [-0.2, 0) is 11.3 Å². The Morgan fingerprint density at radius 1 is 1.37 bits per heavy atom. The summed E-state index contributed by atoms with van der Waals surface area (Å²) in [6.07, 6.45) is 7.76. The van der Waals surface area contributed by atoms with Gasteiger partial charge in [-0.05, 0) is 32.1 Å². The fourth-order valence-electron chi connectivity index (χ4n) is 2.45. The predicted molar refractivity (Wildman–Crippen MR) is 78.6 cm³/mol. The molecule has 0 spiro atoms. The first kappa shape index (κ1) is 13.5. The molecule has 3 nitrogen and oxygen atoms in total. The lowest BCUT2D eigenvalue weighted by Gasteiger charge is -2.10. The van der Waals surface area contributed by atoms with Gasteiger partial charge in [0.05, 0.1) is 5.69 Å². The first-order valence-electron chi connectivity index (χ1n) is 7.57. The molecular formula is C15H24N2OS. The van der Waals surface area contributed by atoms with Gasteiger partial charge in [-0.2, -0.15) is 0 Å². The molecule has 0 radical (unpaired) electrons. The average molecular weight is 280 g/mol. The Morgan fingerprint density at radius 3 is 2.74 bits per heavy atom. The molecule has 1 N–H and O–H groups in total. The fraction of sp³-hybridized carbons (Fsp3) is 0.800. The summed E-state index contributed by atoms with van der Waals surface area (Å²) < 4.78 is 5.61. The van der Waals surface area contributed by atoms with Crippen molar-refractivity contribution >= 4 is 11.3 Å². The molecule has 2 aliphatic rings. The second-order valence-corrected chi connectivity index (χ2v) is 6.92. The molecule has 3 rings (SSSR count). The number of ether oxygens (including phenoxy) is 1. The van der Waals surface area contributed by atoms with Crippen molar-refractivity contribution in [2.75, 3.05) is 7.11 Å². The number of methoxy groups -OCH3 is 1. The summed E-state index contributed by atoms with van der Waals surface area (Å²) in [6, 6.07) is 0.770. The van der Waals surface area contributed by atoms with Gasteiger partial charge in [-0.3, -0.25) is 0 Å². The normalized spacial score (nSPS) is 20.7. The van der Waals surface area contributed by atoms with Crippen molar-refractivity contribution < 1.29 is 4.74 Å². The van der Waals surface area contributed by atoms with E-state index in [0.29, 0.717) is 0 Å². The van der Waals surface area contributed by atoms with Gasteiger partial charge in [-0.25, -0.2) is 4.98 Å². The maximum absolute atomic E-state index is 5.61. The van der Waals surface area contributed by atoms with Crippen molar-refractivity contribution in [1.82, 2.24) is 10.3 Å². The Morgan fingerprint density at radius 2 is 2.16 bits per heavy atom. The minimum Gasteiger partial charge on any atom is -0.374 e. The summed E-state index contributed by atoms with van der Waals surface area (Å²) in [5, 5.41) is 4.82. The predicted octanol–water partition coefficient (Wildman–Crippen LogP) is 3.76. The van der Waals surface area contributed by atoms with Gasteiger partial charge in [0.25, 0.3) is 0 Å². The van der Waals surface area contributed by atoms with E-state index in [1.165, 1.54) is 41.3 Å². The summed E-state index contributed by atoms with van der Waals surface area (Å²) in [5.74, 6) is 0.736. The number of thiazole rings is 1. The Hall–Kier alpha value is -0.450. The maximum atomic E-state index is 5.61. The molecule has 0 bridgehead atoms. The van der Waals surface area contributed by atoms with E-state index in [2.05, 4.69) is 12.2 Å². The lowest BCUT2D eigenvalue weighted by molar-refractivity contribution is 0.0946. The lowest BCUT2D eigenvalue weighted by Crippen LogP contribution is -2.15. The molecule has 1 atom stereocenters. The first-order chi connectivity index (χ1) is 9.31. The van der Waals surface area contributed by atoms with E-state index < -0.39 is 0 Å². The second-order valence-electron chi connectivity index (χ2n) is 5.80. The van der Waals surface area contributed by atoms with E-state index in [4.69, 9.17) is 9.72 Å². The van der Waals surface area contributed by atoms with Crippen LogP contribution in [0.4, 0.5) is 0 Å². The Kier molecular flexibility index (Phi) is 4.20. The van der Waals surface area contributed by atoms with Gasteiger partial charge in [-0.1, -0.05) is 13.3 Å². The Labute approximate surface area is 119 Å². The van der Waals surface area contributed by atoms with E-state index >= 15 is 0 Å². The van der Waals surface area contributed by atoms with E-state index in [1.54, 1.807) is 7.11 Å². The van der Waals surface area contributed by atoms with Crippen molar-refractivity contribution in [2.45, 2.75) is 70.1 Å². The standard InChI is InChI=1S/C15H24N2OS/c1-3-4-12(18-2)15-17-14(10-5-6-10)13(19-15)9-16-11-7-8-11/h10-12,16H,3-9H2,1-2H3. The minimum absolute atomic E-state index is 0.196. The van der Waals surface area contributed by atoms with Gasteiger partial charge in [0.1, 0.15) is 11.1 Å². The molecule has 1 unspecified atom stereocenters. The zero-order chi connectivity index (χ0) is 13.2. The molecule has 0 aromatic carbocycles. The van der Waals surface area contributed by atoms with Crippen molar-refractivity contribution in [2.24, 2.45) is 0 Å². The first-order valence-corrected chi connectivity index (χ1v) is 8.39. The highest BCUT2D eigenvalue weighted by Gasteiger charge is 2.31. The molecule has 0 amide bonds. The number of hydrogen-bond donors (Lipinski definition) is 1. The molecule has 2 fully saturated rings. The Balaban J connectivity index is 1.74. The van der Waals surface area contributed by atoms with Gasteiger partial charge in [0.15, 0.2) is 0 Å². The number of hydrogen-bond acceptors (Lipinski definition) is 4. The van der Waals surface area contributed by atoms with Crippen LogP contribution < -0.4 is 5.32 Å². The van der Waals surface area contributed by atoms with Crippen LogP contribution in [0.5, 0.6) is 0 Å². The summed E-state index contributed by atoms with van der Waals surface area (Å²) in [7, 11) is 1.81. The zero-order valence-electron chi connectivity index (χ0n) is 11.9. The highest BCUT2D eigenvalue weighted by molar-refractivity contribution is 7.11. The number of nitrogens with one attached hydrogen (secondary N) is 1. The zero-order valence-corrected chi connectivity index (χ0v) is 12.8. The van der Waals surface area contributed by atoms with Gasteiger partial charge >= 0.3 is 0 Å². The van der Waals surface area contributed by atoms with Crippen LogP contribution in [-0.4, -0.2) is 18.1 Å². The van der Waals surface area contributed by atoms with Crippen molar-refractivity contribution in [3.05, 3.63) is 15.6 Å². The third-order valence-corrected chi connectivity index (χ3v) is 5.11. The molecule has 0 aliphatic heterocycles. The number of aromatic nitrogens is 1. The van der Waals surface area contributed by atoms with Gasteiger partial charge in [0.2, 0.25) is 0 Å². The second kappa shape index (κ2) is 5.90. The van der Waals surface area contributed by atoms with Crippen LogP contribution in [0.1, 0.15) is 73.0 Å². The quantitative estimate of drug-likeness (QED) is 0.787. The molecule has 1 heterocycles. The SMILES string of the molecule is CCCC(OC)c1nc(C2CC2)c(CNC2CC2)s1. The van der Waals surface area contributed by atoms with E-state index in [-0.39, 0.29) is 6.10 Å². The molecule has 1 aromatic rings. The summed E-state index contributed by atoms with van der Waals surface area (Å²) >= 11 is 1.87. The minimum atomic E-state index is 0.196. The highest BCUT2D eigenvalue weighted by Crippen LogP contribution is 2.44. The largest absolute Gasteiger partial charge is 0.374 e. The van der Waals surface area contributed by atoms with Gasteiger partial charge < -0.3 is 10.1 Å². The van der Waals surface area contributed by atoms with Crippen LogP contribution in [0.2, 0.25) is 0 Å². The average Bonchev–Trinajstić information content (AvgIpc) is 3.33. The van der Waals surface area contributed by atoms with E-state index in [9.17, 15) is 0 Å². The van der Waals surface area contributed by atoms with Gasteiger partial charge in [0, 0.05) is 30.5 Å². The lowest BCUT2D eigenvalue weighted by atomic mass is 10.2. The Bertz CT molecular complexity index is 424. The van der Waals surface area contributed by atoms with Crippen molar-refractivity contribution in [3.8, 4) is 0 Å². The summed E-state index contributed by atoms with van der Waals surface area (Å²) in [6.45, 7) is 3.22. The van der Waals surface area contributed by atoms with Gasteiger partial charge in [-0.15, -0.1) is 11.3 Å². The number of nitrogens with zero attached hydrogens (tertiary/aromatic N) is 1. The van der Waals surface area contributed by atoms with Crippen LogP contribution in [0.15, 0.2) is 0 Å². The summed E-state index contributed by atoms with van der Waals surface area (Å²) in [5.41, 5.74) is 1.37. The number of rotatable bonds is 8. The third kappa shape index (κ3) is 3.36. The maximum Gasteiger partial charge on any atom is 0.122 e. The van der Waals surface area contributed by atoms with E-state index in [1.807, 2.05) is 11.3 Å². The molecule has 4 heteroatoms. The molecule has 19 heavy (non-hydrogen) atoms. The summed E-state index contributed by atoms with van der Waals surface area (Å²) in [4.78, 5) is 6.37. The molecule has 2 aliphatic carbocycles. The smallest absolute Gasteiger partial charge is 0.122 e. The molecule has 1 aromatic heterocycles. The van der Waals surface area contributed by atoms with Crippen LogP contribution in [0, 0.1) is 0 Å². The highest BCUT2D eigenvalue weighted by atomic mass is 32.1. The third-order valence-electron chi connectivity index (χ3n) is 3.95. The molecular weight excluding hydrogens is 256 g/mol. The van der Waals surface area contributed by atoms with E-state index in [0.717, 1.165) is 31.3 Å². The van der Waals surface area contributed by atoms with Crippen molar-refractivity contribution in [3.63, 3.8) is 0 Å². The fourth-order valence-corrected chi connectivity index (χ4v) is 3.67. The molecule has 0 saturated heterocycles. The van der Waals surface area contributed by atoms with Crippen LogP contribution in [0.3, 0.4) is 0 Å². The van der Waals surface area contributed by atoms with Crippen LogP contribution >= 0.6 is 11.3 Å². The monoisotopic (exact) mass is 280 g/mol. The topological polar surface area (TPSA) is 34.1 Å². The molecule has 106 valence electrons. The van der Waals surface area contributed by atoms with Crippen LogP contribution in [0.25, 0.3) is 0 Å². The molecule has 2 saturated carbocycles. The van der Waals surface area contributed by atoms with Crippen molar-refractivity contribution in [1.29, 1.82) is 0 Å².